The molecule has 0 aliphatic heterocycles. The van der Waals surface area contributed by atoms with Gasteiger partial charge in [0.15, 0.2) is 0 Å². The van der Waals surface area contributed by atoms with E-state index in [2.05, 4.69) is 10.6 Å². The first-order chi connectivity index (χ1) is 9.58. The van der Waals surface area contributed by atoms with Crippen LogP contribution in [0.15, 0.2) is 18.2 Å². The van der Waals surface area contributed by atoms with E-state index in [1.165, 1.54) is 13.0 Å². The molecule has 0 aliphatic rings. The van der Waals surface area contributed by atoms with Gasteiger partial charge in [-0.3, -0.25) is 4.79 Å². The van der Waals surface area contributed by atoms with Crippen LogP contribution >= 0.6 is 0 Å². The average Bonchev–Trinajstić information content (AvgIpc) is 2.31. The minimum atomic E-state index is -0.802. The van der Waals surface area contributed by atoms with Crippen molar-refractivity contribution in [2.24, 2.45) is 0 Å². The number of carbonyl (C=O) groups excluding carboxylic acids is 2. The highest BCUT2D eigenvalue weighted by molar-refractivity contribution is 5.96. The molecule has 0 bridgehead atoms. The number of aryl methyl sites for hydroxylation is 1. The van der Waals surface area contributed by atoms with E-state index >= 15 is 0 Å². The molecule has 0 saturated heterocycles. The summed E-state index contributed by atoms with van der Waals surface area (Å²) >= 11 is 0. The molecule has 1 aromatic rings. The van der Waals surface area contributed by atoms with Gasteiger partial charge in [-0.25, -0.2) is 9.18 Å². The van der Waals surface area contributed by atoms with Crippen molar-refractivity contribution < 1.29 is 18.7 Å². The van der Waals surface area contributed by atoms with Crippen LogP contribution in [0.2, 0.25) is 0 Å². The van der Waals surface area contributed by atoms with Gasteiger partial charge in [-0.05, 0) is 52.3 Å². The van der Waals surface area contributed by atoms with Crippen molar-refractivity contribution in [2.75, 3.05) is 5.32 Å². The van der Waals surface area contributed by atoms with Gasteiger partial charge in [0.1, 0.15) is 17.5 Å². The van der Waals surface area contributed by atoms with Gasteiger partial charge >= 0.3 is 6.09 Å². The number of nitrogens with one attached hydrogen (secondary N) is 2. The van der Waals surface area contributed by atoms with E-state index in [4.69, 9.17) is 4.74 Å². The highest BCUT2D eigenvalue weighted by Gasteiger charge is 2.21. The summed E-state index contributed by atoms with van der Waals surface area (Å²) in [5.74, 6) is -0.857. The first-order valence-corrected chi connectivity index (χ1v) is 6.65. The predicted molar refractivity (Wildman–Crippen MR) is 78.6 cm³/mol. The van der Waals surface area contributed by atoms with Gasteiger partial charge in [0.2, 0.25) is 5.91 Å². The van der Waals surface area contributed by atoms with Crippen molar-refractivity contribution in [2.45, 2.75) is 46.3 Å². The van der Waals surface area contributed by atoms with Crippen molar-refractivity contribution in [1.29, 1.82) is 0 Å². The summed E-state index contributed by atoms with van der Waals surface area (Å²) in [6.07, 6.45) is -0.680. The second-order valence-corrected chi connectivity index (χ2v) is 5.82. The van der Waals surface area contributed by atoms with E-state index in [0.717, 1.165) is 0 Å². The van der Waals surface area contributed by atoms with Crippen molar-refractivity contribution in [3.05, 3.63) is 29.6 Å². The molecule has 0 saturated carbocycles. The monoisotopic (exact) mass is 296 g/mol. The Bertz CT molecular complexity index is 538. The SMILES string of the molecule is Cc1ccc(NC(=O)C(C)NC(=O)OC(C)(C)C)cc1F. The minimum Gasteiger partial charge on any atom is -0.444 e. The fraction of sp³-hybridized carbons (Fsp3) is 0.467. The molecule has 0 radical (unpaired) electrons. The van der Waals surface area contributed by atoms with Crippen molar-refractivity contribution in [3.8, 4) is 0 Å². The Labute approximate surface area is 123 Å². The van der Waals surface area contributed by atoms with Gasteiger partial charge in [0.25, 0.3) is 0 Å². The first-order valence-electron chi connectivity index (χ1n) is 6.65. The third-order valence-corrected chi connectivity index (χ3v) is 2.57. The van der Waals surface area contributed by atoms with Crippen LogP contribution in [0.3, 0.4) is 0 Å². The molecule has 1 aromatic carbocycles. The van der Waals surface area contributed by atoms with Crippen LogP contribution in [-0.4, -0.2) is 23.6 Å². The van der Waals surface area contributed by atoms with E-state index < -0.39 is 29.5 Å². The Morgan fingerprint density at radius 2 is 1.90 bits per heavy atom. The maximum absolute atomic E-state index is 13.4. The fourth-order valence-corrected chi connectivity index (χ4v) is 1.47. The quantitative estimate of drug-likeness (QED) is 0.901. The second kappa shape index (κ2) is 6.56. The number of amides is 2. The molecule has 0 heterocycles. The number of anilines is 1. The van der Waals surface area contributed by atoms with Gasteiger partial charge in [0, 0.05) is 5.69 Å². The van der Waals surface area contributed by atoms with Crippen molar-refractivity contribution >= 4 is 17.7 Å². The van der Waals surface area contributed by atoms with Gasteiger partial charge in [-0.15, -0.1) is 0 Å². The smallest absolute Gasteiger partial charge is 0.408 e. The molecule has 0 spiro atoms. The molecule has 5 nitrogen and oxygen atoms in total. The lowest BCUT2D eigenvalue weighted by molar-refractivity contribution is -0.117. The van der Waals surface area contributed by atoms with Crippen LogP contribution in [0, 0.1) is 12.7 Å². The summed E-state index contributed by atoms with van der Waals surface area (Å²) in [6.45, 7) is 8.34. The maximum atomic E-state index is 13.4. The largest absolute Gasteiger partial charge is 0.444 e. The van der Waals surface area contributed by atoms with E-state index in [9.17, 15) is 14.0 Å². The van der Waals surface area contributed by atoms with E-state index in [1.807, 2.05) is 0 Å². The molecule has 2 N–H and O–H groups in total. The second-order valence-electron chi connectivity index (χ2n) is 5.82. The van der Waals surface area contributed by atoms with Gasteiger partial charge in [0.05, 0.1) is 0 Å². The van der Waals surface area contributed by atoms with Crippen LogP contribution in [0.5, 0.6) is 0 Å². The molecular weight excluding hydrogens is 275 g/mol. The summed E-state index contributed by atoms with van der Waals surface area (Å²) in [6, 6.07) is 3.59. The Kier molecular flexibility index (Phi) is 5.29. The summed E-state index contributed by atoms with van der Waals surface area (Å²) in [5.41, 5.74) is 0.189. The summed E-state index contributed by atoms with van der Waals surface area (Å²) in [4.78, 5) is 23.5. The van der Waals surface area contributed by atoms with Crippen molar-refractivity contribution in [3.63, 3.8) is 0 Å². The number of alkyl carbamates (subject to hydrolysis) is 1. The standard InChI is InChI=1S/C15H21FN2O3/c1-9-6-7-11(8-12(9)16)18-13(19)10(2)17-14(20)21-15(3,4)5/h6-8,10H,1-5H3,(H,17,20)(H,18,19). The molecule has 21 heavy (non-hydrogen) atoms. The van der Waals surface area contributed by atoms with Crippen LogP contribution in [0.25, 0.3) is 0 Å². The lowest BCUT2D eigenvalue weighted by Gasteiger charge is -2.21. The zero-order chi connectivity index (χ0) is 16.2. The molecule has 116 valence electrons. The maximum Gasteiger partial charge on any atom is 0.408 e. The molecule has 1 rings (SSSR count). The number of ether oxygens (including phenoxy) is 1. The zero-order valence-electron chi connectivity index (χ0n) is 12.9. The molecule has 2 amide bonds. The van der Waals surface area contributed by atoms with Crippen molar-refractivity contribution in [1.82, 2.24) is 5.32 Å². The van der Waals surface area contributed by atoms with Crippen LogP contribution < -0.4 is 10.6 Å². The van der Waals surface area contributed by atoms with Crippen LogP contribution in [0.4, 0.5) is 14.9 Å². The summed E-state index contributed by atoms with van der Waals surface area (Å²) < 4.78 is 18.4. The lowest BCUT2D eigenvalue weighted by atomic mass is 10.2. The number of halogens is 1. The number of hydrogen-bond donors (Lipinski definition) is 2. The molecular formula is C15H21FN2O3. The Balaban J connectivity index is 2.58. The molecule has 6 heteroatoms. The van der Waals surface area contributed by atoms with E-state index in [-0.39, 0.29) is 0 Å². The molecule has 0 fully saturated rings. The van der Waals surface area contributed by atoms with Crippen LogP contribution in [-0.2, 0) is 9.53 Å². The van der Waals surface area contributed by atoms with Gasteiger partial charge < -0.3 is 15.4 Å². The zero-order valence-corrected chi connectivity index (χ0v) is 12.9. The average molecular weight is 296 g/mol. The molecule has 1 unspecified atom stereocenters. The Morgan fingerprint density at radius 1 is 1.29 bits per heavy atom. The van der Waals surface area contributed by atoms with Crippen LogP contribution in [0.1, 0.15) is 33.3 Å². The third kappa shape index (κ3) is 5.81. The minimum absolute atomic E-state index is 0.334. The Hall–Kier alpha value is -2.11. The normalized spacial score (nSPS) is 12.5. The van der Waals surface area contributed by atoms with E-state index in [0.29, 0.717) is 11.3 Å². The summed E-state index contributed by atoms with van der Waals surface area (Å²) in [5, 5.41) is 4.94. The predicted octanol–water partition coefficient (Wildman–Crippen LogP) is 2.99. The van der Waals surface area contributed by atoms with E-state index in [1.54, 1.807) is 39.8 Å². The fourth-order valence-electron chi connectivity index (χ4n) is 1.47. The van der Waals surface area contributed by atoms with Gasteiger partial charge in [-0.2, -0.15) is 0 Å². The summed E-state index contributed by atoms with van der Waals surface area (Å²) in [7, 11) is 0. The highest BCUT2D eigenvalue weighted by atomic mass is 19.1. The highest BCUT2D eigenvalue weighted by Crippen LogP contribution is 2.14. The molecule has 1 atom stereocenters. The lowest BCUT2D eigenvalue weighted by Crippen LogP contribution is -2.43. The number of hydrogen-bond acceptors (Lipinski definition) is 3. The topological polar surface area (TPSA) is 67.4 Å². The number of benzene rings is 1. The van der Waals surface area contributed by atoms with Gasteiger partial charge in [-0.1, -0.05) is 6.07 Å². The first kappa shape index (κ1) is 16.9. The molecule has 0 aromatic heterocycles. The Morgan fingerprint density at radius 3 is 2.43 bits per heavy atom. The number of carbonyl (C=O) groups is 2. The third-order valence-electron chi connectivity index (χ3n) is 2.57. The number of rotatable bonds is 3. The molecule has 0 aliphatic carbocycles.